The van der Waals surface area contributed by atoms with E-state index in [0.717, 1.165) is 49.4 Å². The topological polar surface area (TPSA) is 63.9 Å². The Morgan fingerprint density at radius 2 is 1.91 bits per heavy atom. The third-order valence-corrected chi connectivity index (χ3v) is 6.44. The van der Waals surface area contributed by atoms with E-state index in [0.29, 0.717) is 25.7 Å². The molecule has 34 heavy (non-hydrogen) atoms. The third-order valence-electron chi connectivity index (χ3n) is 6.44. The Balaban J connectivity index is 1.36. The molecular formula is C26H30F2N2O4. The molecule has 2 aromatic carbocycles. The predicted octanol–water partition coefficient (Wildman–Crippen LogP) is 4.91. The molecule has 0 unspecified atom stereocenters. The molecule has 182 valence electrons. The highest BCUT2D eigenvalue weighted by Gasteiger charge is 2.24. The number of carboxylic acids is 1. The lowest BCUT2D eigenvalue weighted by atomic mass is 9.89. The zero-order valence-electron chi connectivity index (χ0n) is 19.3. The summed E-state index contributed by atoms with van der Waals surface area (Å²) in [7, 11) is 0. The maximum absolute atomic E-state index is 14.0. The van der Waals surface area contributed by atoms with Crippen molar-refractivity contribution in [2.75, 3.05) is 39.5 Å². The molecule has 1 fully saturated rings. The van der Waals surface area contributed by atoms with Crippen molar-refractivity contribution >= 4 is 16.9 Å². The Kier molecular flexibility index (Phi) is 7.80. The summed E-state index contributed by atoms with van der Waals surface area (Å²) >= 11 is 0. The van der Waals surface area contributed by atoms with Gasteiger partial charge in [-0.3, -0.25) is 4.90 Å². The fourth-order valence-electron chi connectivity index (χ4n) is 4.70. The van der Waals surface area contributed by atoms with Crippen LogP contribution in [-0.2, 0) is 11.3 Å². The maximum Gasteiger partial charge on any atom is 0.342 e. The quantitative estimate of drug-likeness (QED) is 0.425. The molecule has 0 spiro atoms. The molecule has 8 heteroatoms. The summed E-state index contributed by atoms with van der Waals surface area (Å²) < 4.78 is 41.1. The van der Waals surface area contributed by atoms with Crippen LogP contribution in [-0.4, -0.2) is 60.0 Å². The van der Waals surface area contributed by atoms with Gasteiger partial charge in [0.2, 0.25) is 0 Å². The monoisotopic (exact) mass is 472 g/mol. The molecule has 0 radical (unpaired) electrons. The lowest BCUT2D eigenvalue weighted by molar-refractivity contribution is 0.0685. The number of fused-ring (bicyclic) bond motifs is 1. The average molecular weight is 473 g/mol. The summed E-state index contributed by atoms with van der Waals surface area (Å²) in [6.07, 6.45) is 4.01. The number of aromatic nitrogens is 1. The number of rotatable bonds is 10. The van der Waals surface area contributed by atoms with Crippen LogP contribution < -0.4 is 4.74 Å². The van der Waals surface area contributed by atoms with Crippen molar-refractivity contribution in [2.24, 2.45) is 0 Å². The van der Waals surface area contributed by atoms with Gasteiger partial charge < -0.3 is 19.1 Å². The summed E-state index contributed by atoms with van der Waals surface area (Å²) in [5.74, 6) is -2.00. The highest BCUT2D eigenvalue weighted by Crippen LogP contribution is 2.35. The molecule has 6 nitrogen and oxygen atoms in total. The summed E-state index contributed by atoms with van der Waals surface area (Å²) in [5, 5.41) is 10.2. The van der Waals surface area contributed by atoms with Gasteiger partial charge in [-0.1, -0.05) is 6.07 Å². The molecule has 0 saturated carbocycles. The molecule has 2 heterocycles. The van der Waals surface area contributed by atoms with E-state index in [1.807, 2.05) is 13.0 Å². The molecule has 3 aromatic rings. The van der Waals surface area contributed by atoms with Gasteiger partial charge in [0.25, 0.3) is 0 Å². The summed E-state index contributed by atoms with van der Waals surface area (Å²) in [4.78, 5) is 13.6. The molecule has 1 aliphatic heterocycles. The molecule has 1 aliphatic rings. The van der Waals surface area contributed by atoms with Crippen molar-refractivity contribution < 1.29 is 28.2 Å². The van der Waals surface area contributed by atoms with Crippen LogP contribution in [0.25, 0.3) is 10.9 Å². The van der Waals surface area contributed by atoms with Gasteiger partial charge in [0.1, 0.15) is 29.6 Å². The Hall–Kier alpha value is -2.97. The first kappa shape index (κ1) is 24.2. The Bertz CT molecular complexity index is 1140. The fourth-order valence-corrected chi connectivity index (χ4v) is 4.70. The molecular weight excluding hydrogens is 442 g/mol. The first-order valence-electron chi connectivity index (χ1n) is 11.7. The van der Waals surface area contributed by atoms with Crippen LogP contribution in [0, 0.1) is 11.6 Å². The minimum Gasteiger partial charge on any atom is -0.491 e. The van der Waals surface area contributed by atoms with Gasteiger partial charge in [-0.15, -0.1) is 0 Å². The first-order valence-corrected chi connectivity index (χ1v) is 11.7. The number of carboxylic acid groups (broad SMARTS) is 1. The van der Waals surface area contributed by atoms with E-state index in [4.69, 9.17) is 9.47 Å². The molecule has 1 saturated heterocycles. The Morgan fingerprint density at radius 3 is 2.65 bits per heavy atom. The Labute approximate surface area is 197 Å². The molecule has 0 aliphatic carbocycles. The molecule has 0 atom stereocenters. The number of carbonyl (C=O) groups is 1. The van der Waals surface area contributed by atoms with Crippen LogP contribution in [0.5, 0.6) is 5.75 Å². The zero-order valence-corrected chi connectivity index (χ0v) is 19.3. The standard InChI is InChI=1S/C26H30F2N2O4/c1-2-33-14-13-30-17-21(20-16-19(27)6-7-23(20)30)18-8-10-29(11-9-18)12-15-34-24-5-3-4-22(28)25(24)26(31)32/h3-7,16-18H,2,8-15H2,1H3,(H,31,32). The minimum atomic E-state index is -1.34. The molecule has 0 amide bonds. The smallest absolute Gasteiger partial charge is 0.342 e. The van der Waals surface area contributed by atoms with Gasteiger partial charge in [-0.25, -0.2) is 13.6 Å². The second kappa shape index (κ2) is 11.0. The highest BCUT2D eigenvalue weighted by molar-refractivity contribution is 5.91. The van der Waals surface area contributed by atoms with E-state index < -0.39 is 17.3 Å². The van der Waals surface area contributed by atoms with Crippen LogP contribution in [0.1, 0.15) is 41.6 Å². The predicted molar refractivity (Wildman–Crippen MR) is 126 cm³/mol. The van der Waals surface area contributed by atoms with Crippen LogP contribution in [0.15, 0.2) is 42.6 Å². The summed E-state index contributed by atoms with van der Waals surface area (Å²) in [6.45, 7) is 6.57. The summed E-state index contributed by atoms with van der Waals surface area (Å²) in [6, 6.07) is 8.99. The van der Waals surface area contributed by atoms with Crippen molar-refractivity contribution in [3.63, 3.8) is 0 Å². The van der Waals surface area contributed by atoms with Crippen LogP contribution in [0.4, 0.5) is 8.78 Å². The maximum atomic E-state index is 14.0. The van der Waals surface area contributed by atoms with Crippen molar-refractivity contribution in [3.05, 3.63) is 65.4 Å². The second-order valence-corrected chi connectivity index (χ2v) is 8.52. The first-order chi connectivity index (χ1) is 16.5. The van der Waals surface area contributed by atoms with Gasteiger partial charge >= 0.3 is 5.97 Å². The molecule has 1 aromatic heterocycles. The van der Waals surface area contributed by atoms with E-state index in [1.54, 1.807) is 6.07 Å². The van der Waals surface area contributed by atoms with Crippen molar-refractivity contribution in [1.29, 1.82) is 0 Å². The Morgan fingerprint density at radius 1 is 1.12 bits per heavy atom. The number of likely N-dealkylation sites (tertiary alicyclic amines) is 1. The van der Waals surface area contributed by atoms with Crippen LogP contribution >= 0.6 is 0 Å². The minimum absolute atomic E-state index is 0.0456. The second-order valence-electron chi connectivity index (χ2n) is 8.52. The van der Waals surface area contributed by atoms with Crippen molar-refractivity contribution in [3.8, 4) is 5.75 Å². The zero-order chi connectivity index (χ0) is 24.1. The lowest BCUT2D eigenvalue weighted by Crippen LogP contribution is -2.36. The van der Waals surface area contributed by atoms with E-state index in [1.165, 1.54) is 23.8 Å². The molecule has 4 rings (SSSR count). The van der Waals surface area contributed by atoms with Crippen molar-refractivity contribution in [1.82, 2.24) is 9.47 Å². The van der Waals surface area contributed by atoms with Gasteiger partial charge in [-0.2, -0.15) is 0 Å². The van der Waals surface area contributed by atoms with Gasteiger partial charge in [0, 0.05) is 36.8 Å². The van der Waals surface area contributed by atoms with Crippen LogP contribution in [0.2, 0.25) is 0 Å². The van der Waals surface area contributed by atoms with E-state index in [2.05, 4.69) is 15.7 Å². The number of hydrogen-bond acceptors (Lipinski definition) is 4. The fraction of sp³-hybridized carbons (Fsp3) is 0.423. The number of nitrogens with zero attached hydrogens (tertiary/aromatic N) is 2. The normalized spacial score (nSPS) is 15.1. The van der Waals surface area contributed by atoms with Crippen molar-refractivity contribution in [2.45, 2.75) is 32.2 Å². The number of hydrogen-bond donors (Lipinski definition) is 1. The van der Waals surface area contributed by atoms with E-state index >= 15 is 0 Å². The van der Waals surface area contributed by atoms with Crippen LogP contribution in [0.3, 0.4) is 0 Å². The van der Waals surface area contributed by atoms with Gasteiger partial charge in [0.15, 0.2) is 0 Å². The molecule has 1 N–H and O–H groups in total. The number of halogens is 2. The number of benzene rings is 2. The SMILES string of the molecule is CCOCCn1cc(C2CCN(CCOc3cccc(F)c3C(=O)O)CC2)c2cc(F)ccc21. The summed E-state index contributed by atoms with van der Waals surface area (Å²) in [5.41, 5.74) is 1.76. The number of piperidine rings is 1. The van der Waals surface area contributed by atoms with E-state index in [-0.39, 0.29) is 18.2 Å². The number of aromatic carboxylic acids is 1. The number of ether oxygens (including phenoxy) is 2. The largest absolute Gasteiger partial charge is 0.491 e. The van der Waals surface area contributed by atoms with E-state index in [9.17, 15) is 18.7 Å². The van der Waals surface area contributed by atoms with Gasteiger partial charge in [-0.05, 0) is 74.7 Å². The average Bonchev–Trinajstić information content (AvgIpc) is 3.17. The third kappa shape index (κ3) is 5.39. The highest BCUT2D eigenvalue weighted by atomic mass is 19.1. The van der Waals surface area contributed by atoms with Gasteiger partial charge in [0.05, 0.1) is 6.61 Å². The lowest BCUT2D eigenvalue weighted by Gasteiger charge is -2.31. The molecule has 0 bridgehead atoms.